The molecule has 0 bridgehead atoms. The molecule has 1 aliphatic heterocycles. The van der Waals surface area contributed by atoms with Gasteiger partial charge in [-0.15, -0.1) is 0 Å². The van der Waals surface area contributed by atoms with Gasteiger partial charge in [-0.3, -0.25) is 19.0 Å². The highest BCUT2D eigenvalue weighted by molar-refractivity contribution is 5.81. The Labute approximate surface area is 145 Å². The van der Waals surface area contributed by atoms with Crippen LogP contribution < -0.4 is 10.9 Å². The van der Waals surface area contributed by atoms with Crippen LogP contribution in [0.15, 0.2) is 29.3 Å². The van der Waals surface area contributed by atoms with Crippen LogP contribution in [0, 0.1) is 6.92 Å². The molecule has 0 atom stereocenters. The topological polar surface area (TPSA) is 84.3 Å². The summed E-state index contributed by atoms with van der Waals surface area (Å²) in [5, 5.41) is 3.31. The summed E-state index contributed by atoms with van der Waals surface area (Å²) in [5.74, 6) is -0.0425. The number of likely N-dealkylation sites (tertiary alicyclic amines) is 1. The molecule has 2 heterocycles. The van der Waals surface area contributed by atoms with Gasteiger partial charge in [0.15, 0.2) is 0 Å². The second-order valence-electron chi connectivity index (χ2n) is 6.34. The van der Waals surface area contributed by atoms with Crippen molar-refractivity contribution < 1.29 is 9.59 Å². The van der Waals surface area contributed by atoms with Crippen LogP contribution in [0.25, 0.3) is 10.9 Å². The van der Waals surface area contributed by atoms with E-state index >= 15 is 0 Å². The number of fused-ring (bicyclic) bond motifs is 1. The Morgan fingerprint density at radius 1 is 1.32 bits per heavy atom. The number of para-hydroxylation sites is 1. The number of nitrogens with zero attached hydrogens (tertiary/aromatic N) is 3. The van der Waals surface area contributed by atoms with Crippen LogP contribution in [-0.2, 0) is 16.1 Å². The van der Waals surface area contributed by atoms with Gasteiger partial charge in [-0.1, -0.05) is 12.1 Å². The molecule has 0 saturated carbocycles. The molecular weight excluding hydrogens is 320 g/mol. The number of aromatic nitrogens is 2. The third kappa shape index (κ3) is 3.87. The number of benzene rings is 1. The van der Waals surface area contributed by atoms with E-state index in [0.717, 1.165) is 18.5 Å². The zero-order valence-electron chi connectivity index (χ0n) is 14.3. The van der Waals surface area contributed by atoms with Crippen molar-refractivity contribution in [3.05, 3.63) is 40.4 Å². The molecule has 7 nitrogen and oxygen atoms in total. The first-order chi connectivity index (χ1) is 12.1. The lowest BCUT2D eigenvalue weighted by molar-refractivity contribution is -0.127. The molecule has 0 radical (unpaired) electrons. The summed E-state index contributed by atoms with van der Waals surface area (Å²) in [6.45, 7) is 3.80. The maximum absolute atomic E-state index is 12.5. The maximum atomic E-state index is 12.5. The molecule has 2 aromatic rings. The van der Waals surface area contributed by atoms with Crippen LogP contribution in [-0.4, -0.2) is 45.9 Å². The lowest BCUT2D eigenvalue weighted by Crippen LogP contribution is -2.34. The van der Waals surface area contributed by atoms with Gasteiger partial charge in [0.1, 0.15) is 6.54 Å². The van der Waals surface area contributed by atoms with Gasteiger partial charge < -0.3 is 10.2 Å². The van der Waals surface area contributed by atoms with E-state index < -0.39 is 0 Å². The Kier molecular flexibility index (Phi) is 5.11. The van der Waals surface area contributed by atoms with Crippen molar-refractivity contribution in [3.63, 3.8) is 0 Å². The van der Waals surface area contributed by atoms with E-state index in [2.05, 4.69) is 10.3 Å². The quantitative estimate of drug-likeness (QED) is 0.788. The second-order valence-corrected chi connectivity index (χ2v) is 6.34. The monoisotopic (exact) mass is 342 g/mol. The molecule has 0 unspecified atom stereocenters. The van der Waals surface area contributed by atoms with Crippen molar-refractivity contribution >= 4 is 22.7 Å². The van der Waals surface area contributed by atoms with E-state index in [1.807, 2.05) is 24.0 Å². The first-order valence-corrected chi connectivity index (χ1v) is 8.55. The average Bonchev–Trinajstić information content (AvgIpc) is 3.00. The molecule has 25 heavy (non-hydrogen) atoms. The Morgan fingerprint density at radius 2 is 2.16 bits per heavy atom. The fourth-order valence-electron chi connectivity index (χ4n) is 3.10. The van der Waals surface area contributed by atoms with Gasteiger partial charge in [0.25, 0.3) is 5.56 Å². The van der Waals surface area contributed by atoms with E-state index in [9.17, 15) is 14.4 Å². The SMILES string of the molecule is Cc1cccc2c(=O)n(CC(=O)NCCCN3CCCC3=O)cnc12. The minimum Gasteiger partial charge on any atom is -0.354 e. The summed E-state index contributed by atoms with van der Waals surface area (Å²) in [5.41, 5.74) is 1.38. The van der Waals surface area contributed by atoms with Crippen LogP contribution in [0.5, 0.6) is 0 Å². The van der Waals surface area contributed by atoms with Crippen molar-refractivity contribution in [1.82, 2.24) is 19.8 Å². The second kappa shape index (κ2) is 7.46. The van der Waals surface area contributed by atoms with Gasteiger partial charge in [-0.05, 0) is 31.4 Å². The molecule has 1 N–H and O–H groups in total. The van der Waals surface area contributed by atoms with Crippen molar-refractivity contribution in [3.8, 4) is 0 Å². The van der Waals surface area contributed by atoms with Crippen LogP contribution in [0.4, 0.5) is 0 Å². The Hall–Kier alpha value is -2.70. The number of carbonyl (C=O) groups is 2. The predicted molar refractivity (Wildman–Crippen MR) is 94.2 cm³/mol. The zero-order valence-corrected chi connectivity index (χ0v) is 14.3. The third-order valence-corrected chi connectivity index (χ3v) is 4.47. The van der Waals surface area contributed by atoms with Gasteiger partial charge in [-0.25, -0.2) is 4.98 Å². The number of hydrogen-bond donors (Lipinski definition) is 1. The maximum Gasteiger partial charge on any atom is 0.261 e. The molecular formula is C18H22N4O3. The lowest BCUT2D eigenvalue weighted by atomic mass is 10.1. The van der Waals surface area contributed by atoms with Crippen molar-refractivity contribution in [2.24, 2.45) is 0 Å². The minimum atomic E-state index is -0.233. The molecule has 0 aliphatic carbocycles. The molecule has 1 saturated heterocycles. The van der Waals surface area contributed by atoms with Crippen LogP contribution >= 0.6 is 0 Å². The van der Waals surface area contributed by atoms with Crippen LogP contribution in [0.2, 0.25) is 0 Å². The van der Waals surface area contributed by atoms with E-state index in [0.29, 0.717) is 36.8 Å². The van der Waals surface area contributed by atoms with Crippen molar-refractivity contribution in [2.45, 2.75) is 32.7 Å². The lowest BCUT2D eigenvalue weighted by Gasteiger charge is -2.15. The van der Waals surface area contributed by atoms with Crippen molar-refractivity contribution in [1.29, 1.82) is 0 Å². The largest absolute Gasteiger partial charge is 0.354 e. The van der Waals surface area contributed by atoms with Crippen LogP contribution in [0.3, 0.4) is 0 Å². The summed E-state index contributed by atoms with van der Waals surface area (Å²) >= 11 is 0. The van der Waals surface area contributed by atoms with E-state index in [4.69, 9.17) is 0 Å². The first kappa shape index (κ1) is 17.1. The molecule has 2 amide bonds. The van der Waals surface area contributed by atoms with Gasteiger partial charge in [0, 0.05) is 26.1 Å². The van der Waals surface area contributed by atoms with Gasteiger partial charge in [0.05, 0.1) is 17.2 Å². The fourth-order valence-corrected chi connectivity index (χ4v) is 3.10. The number of amides is 2. The van der Waals surface area contributed by atoms with Crippen molar-refractivity contribution in [2.75, 3.05) is 19.6 Å². The van der Waals surface area contributed by atoms with E-state index in [1.165, 1.54) is 10.9 Å². The number of carbonyl (C=O) groups excluding carboxylic acids is 2. The summed E-state index contributed by atoms with van der Waals surface area (Å²) in [7, 11) is 0. The van der Waals surface area contributed by atoms with Gasteiger partial charge >= 0.3 is 0 Å². The van der Waals surface area contributed by atoms with E-state index in [1.54, 1.807) is 6.07 Å². The highest BCUT2D eigenvalue weighted by atomic mass is 16.2. The average molecular weight is 342 g/mol. The van der Waals surface area contributed by atoms with E-state index in [-0.39, 0.29) is 23.9 Å². The standard InChI is InChI=1S/C18H22N4O3/c1-13-5-2-6-14-17(13)20-12-22(18(14)25)11-15(23)19-8-4-10-21-9-3-7-16(21)24/h2,5-6,12H,3-4,7-11H2,1H3,(H,19,23). The normalized spacial score (nSPS) is 14.3. The Bertz CT molecular complexity index is 859. The third-order valence-electron chi connectivity index (χ3n) is 4.47. The number of aryl methyl sites for hydroxylation is 1. The molecule has 1 aromatic heterocycles. The summed E-state index contributed by atoms with van der Waals surface area (Å²) in [4.78, 5) is 42.1. The first-order valence-electron chi connectivity index (χ1n) is 8.55. The smallest absolute Gasteiger partial charge is 0.261 e. The van der Waals surface area contributed by atoms with Crippen LogP contribution in [0.1, 0.15) is 24.8 Å². The number of rotatable bonds is 6. The predicted octanol–water partition coefficient (Wildman–Crippen LogP) is 0.834. The Balaban J connectivity index is 1.54. The molecule has 3 rings (SSSR count). The zero-order chi connectivity index (χ0) is 17.8. The fraction of sp³-hybridized carbons (Fsp3) is 0.444. The Morgan fingerprint density at radius 3 is 2.92 bits per heavy atom. The molecule has 0 spiro atoms. The highest BCUT2D eigenvalue weighted by Crippen LogP contribution is 2.11. The van der Waals surface area contributed by atoms with Gasteiger partial charge in [-0.2, -0.15) is 0 Å². The summed E-state index contributed by atoms with van der Waals surface area (Å²) in [6.07, 6.45) is 3.67. The number of hydrogen-bond acceptors (Lipinski definition) is 4. The molecule has 1 aliphatic rings. The molecule has 7 heteroatoms. The van der Waals surface area contributed by atoms with Gasteiger partial charge in [0.2, 0.25) is 11.8 Å². The summed E-state index contributed by atoms with van der Waals surface area (Å²) < 4.78 is 1.32. The molecule has 1 aromatic carbocycles. The highest BCUT2D eigenvalue weighted by Gasteiger charge is 2.19. The molecule has 132 valence electrons. The minimum absolute atomic E-state index is 0.0572. The molecule has 1 fully saturated rings. The number of nitrogens with one attached hydrogen (secondary N) is 1. The summed E-state index contributed by atoms with van der Waals surface area (Å²) in [6, 6.07) is 5.43.